The summed E-state index contributed by atoms with van der Waals surface area (Å²) in [6, 6.07) is 10.0. The SMILES string of the molecule is CCNC(=NCc1cccc(COC2CCOCC2)c1)NC1CCN(C2CC2)CC1. The Morgan fingerprint density at radius 1 is 1.10 bits per heavy atom. The van der Waals surface area contributed by atoms with E-state index in [0.29, 0.717) is 25.3 Å². The van der Waals surface area contributed by atoms with E-state index in [0.717, 1.165) is 44.6 Å². The molecule has 3 aliphatic rings. The molecule has 6 heteroatoms. The fourth-order valence-corrected chi connectivity index (χ4v) is 4.41. The molecule has 30 heavy (non-hydrogen) atoms. The van der Waals surface area contributed by atoms with Crippen molar-refractivity contribution in [2.75, 3.05) is 32.8 Å². The second-order valence-electron chi connectivity index (χ2n) is 8.82. The first-order valence-corrected chi connectivity index (χ1v) is 11.9. The minimum Gasteiger partial charge on any atom is -0.381 e. The van der Waals surface area contributed by atoms with Crippen LogP contribution >= 0.6 is 0 Å². The molecule has 0 bridgehead atoms. The molecule has 0 aromatic heterocycles. The van der Waals surface area contributed by atoms with Gasteiger partial charge in [-0.15, -0.1) is 0 Å². The average molecular weight is 415 g/mol. The van der Waals surface area contributed by atoms with Gasteiger partial charge in [-0.2, -0.15) is 0 Å². The van der Waals surface area contributed by atoms with Crippen LogP contribution in [0.4, 0.5) is 0 Å². The summed E-state index contributed by atoms with van der Waals surface area (Å²) < 4.78 is 11.5. The predicted octanol–water partition coefficient (Wildman–Crippen LogP) is 3.06. The number of ether oxygens (including phenoxy) is 2. The standard InChI is InChI=1S/C24H38N4O2/c1-2-25-24(27-21-8-12-28(13-9-21)22-6-7-22)26-17-19-4-3-5-20(16-19)18-30-23-10-14-29-15-11-23/h3-5,16,21-23H,2,6-15,17-18H2,1H3,(H2,25,26,27). The molecule has 2 aliphatic heterocycles. The van der Waals surface area contributed by atoms with Crippen LogP contribution in [0.3, 0.4) is 0 Å². The highest BCUT2D eigenvalue weighted by Crippen LogP contribution is 2.29. The van der Waals surface area contributed by atoms with Gasteiger partial charge in [-0.1, -0.05) is 24.3 Å². The Bertz CT molecular complexity index is 678. The molecule has 2 saturated heterocycles. The van der Waals surface area contributed by atoms with Crippen LogP contribution in [0.15, 0.2) is 29.3 Å². The zero-order valence-corrected chi connectivity index (χ0v) is 18.4. The molecular formula is C24H38N4O2. The number of guanidine groups is 1. The molecule has 6 nitrogen and oxygen atoms in total. The minimum atomic E-state index is 0.330. The highest BCUT2D eigenvalue weighted by molar-refractivity contribution is 5.80. The van der Waals surface area contributed by atoms with Gasteiger partial charge in [0.15, 0.2) is 5.96 Å². The van der Waals surface area contributed by atoms with E-state index in [1.165, 1.54) is 49.9 Å². The molecular weight excluding hydrogens is 376 g/mol. The Morgan fingerprint density at radius 3 is 2.60 bits per heavy atom. The number of hydrogen-bond donors (Lipinski definition) is 2. The van der Waals surface area contributed by atoms with Crippen molar-refractivity contribution in [3.63, 3.8) is 0 Å². The number of hydrogen-bond acceptors (Lipinski definition) is 4. The van der Waals surface area contributed by atoms with Gasteiger partial charge in [0, 0.05) is 44.9 Å². The molecule has 1 aromatic rings. The Labute approximate surface area is 181 Å². The van der Waals surface area contributed by atoms with E-state index < -0.39 is 0 Å². The fraction of sp³-hybridized carbons (Fsp3) is 0.708. The molecule has 4 rings (SSSR count). The fourth-order valence-electron chi connectivity index (χ4n) is 4.41. The van der Waals surface area contributed by atoms with Crippen LogP contribution in [-0.2, 0) is 22.6 Å². The average Bonchev–Trinajstić information content (AvgIpc) is 3.63. The van der Waals surface area contributed by atoms with Crippen molar-refractivity contribution in [3.8, 4) is 0 Å². The van der Waals surface area contributed by atoms with Crippen molar-refractivity contribution >= 4 is 5.96 Å². The molecule has 1 aromatic carbocycles. The minimum absolute atomic E-state index is 0.330. The topological polar surface area (TPSA) is 58.1 Å². The predicted molar refractivity (Wildman–Crippen MR) is 121 cm³/mol. The molecule has 0 radical (unpaired) electrons. The number of nitrogens with one attached hydrogen (secondary N) is 2. The molecule has 0 unspecified atom stereocenters. The lowest BCUT2D eigenvalue weighted by Gasteiger charge is -2.33. The van der Waals surface area contributed by atoms with Gasteiger partial charge in [0.25, 0.3) is 0 Å². The van der Waals surface area contributed by atoms with Crippen molar-refractivity contribution in [1.29, 1.82) is 0 Å². The van der Waals surface area contributed by atoms with Gasteiger partial charge >= 0.3 is 0 Å². The Morgan fingerprint density at radius 2 is 1.87 bits per heavy atom. The number of piperidine rings is 1. The van der Waals surface area contributed by atoms with Crippen LogP contribution in [0.25, 0.3) is 0 Å². The summed E-state index contributed by atoms with van der Waals surface area (Å²) in [5.74, 6) is 0.936. The van der Waals surface area contributed by atoms with E-state index >= 15 is 0 Å². The molecule has 166 valence electrons. The first-order valence-electron chi connectivity index (χ1n) is 11.9. The first-order chi connectivity index (χ1) is 14.8. The second kappa shape index (κ2) is 11.1. The van der Waals surface area contributed by atoms with Crippen molar-refractivity contribution < 1.29 is 9.47 Å². The van der Waals surface area contributed by atoms with Crippen LogP contribution in [0.1, 0.15) is 56.6 Å². The number of benzene rings is 1. The smallest absolute Gasteiger partial charge is 0.191 e. The van der Waals surface area contributed by atoms with Gasteiger partial charge in [0.05, 0.1) is 19.3 Å². The molecule has 0 spiro atoms. The normalized spacial score (nSPS) is 22.2. The van der Waals surface area contributed by atoms with Crippen LogP contribution in [0.2, 0.25) is 0 Å². The Kier molecular flexibility index (Phi) is 8.01. The summed E-state index contributed by atoms with van der Waals surface area (Å²) in [4.78, 5) is 7.52. The Balaban J connectivity index is 1.26. The van der Waals surface area contributed by atoms with Gasteiger partial charge in [-0.05, 0) is 56.6 Å². The zero-order chi connectivity index (χ0) is 20.6. The maximum atomic E-state index is 6.07. The van der Waals surface area contributed by atoms with E-state index in [9.17, 15) is 0 Å². The molecule has 1 saturated carbocycles. The third-order valence-electron chi connectivity index (χ3n) is 6.34. The van der Waals surface area contributed by atoms with Gasteiger partial charge in [0.2, 0.25) is 0 Å². The first kappa shape index (κ1) is 21.6. The van der Waals surface area contributed by atoms with Gasteiger partial charge in [-0.25, -0.2) is 4.99 Å². The van der Waals surface area contributed by atoms with Crippen molar-refractivity contribution in [1.82, 2.24) is 15.5 Å². The zero-order valence-electron chi connectivity index (χ0n) is 18.4. The largest absolute Gasteiger partial charge is 0.381 e. The molecule has 0 amide bonds. The van der Waals surface area contributed by atoms with Crippen molar-refractivity contribution in [2.24, 2.45) is 4.99 Å². The molecule has 2 heterocycles. The van der Waals surface area contributed by atoms with E-state index in [2.05, 4.69) is 46.7 Å². The van der Waals surface area contributed by atoms with E-state index in [1.807, 2.05) is 0 Å². The maximum absolute atomic E-state index is 6.07. The molecule has 3 fully saturated rings. The quantitative estimate of drug-likeness (QED) is 0.506. The molecule has 2 N–H and O–H groups in total. The van der Waals surface area contributed by atoms with Gasteiger partial charge in [-0.3, -0.25) is 0 Å². The van der Waals surface area contributed by atoms with Crippen LogP contribution in [0, 0.1) is 0 Å². The van der Waals surface area contributed by atoms with Crippen LogP contribution < -0.4 is 10.6 Å². The van der Waals surface area contributed by atoms with Crippen molar-refractivity contribution in [3.05, 3.63) is 35.4 Å². The summed E-state index contributed by atoms with van der Waals surface area (Å²) in [5.41, 5.74) is 2.45. The van der Waals surface area contributed by atoms with Crippen LogP contribution in [-0.4, -0.2) is 61.9 Å². The maximum Gasteiger partial charge on any atom is 0.191 e. The van der Waals surface area contributed by atoms with E-state index in [-0.39, 0.29) is 0 Å². The monoisotopic (exact) mass is 414 g/mol. The Hall–Kier alpha value is -1.63. The number of rotatable bonds is 8. The van der Waals surface area contributed by atoms with Gasteiger partial charge < -0.3 is 25.0 Å². The lowest BCUT2D eigenvalue weighted by atomic mass is 10.1. The molecule has 1 aliphatic carbocycles. The summed E-state index contributed by atoms with van der Waals surface area (Å²) in [7, 11) is 0. The highest BCUT2D eigenvalue weighted by atomic mass is 16.5. The number of aliphatic imine (C=N–C) groups is 1. The van der Waals surface area contributed by atoms with Crippen molar-refractivity contribution in [2.45, 2.75) is 76.8 Å². The number of likely N-dealkylation sites (tertiary alicyclic amines) is 1. The highest BCUT2D eigenvalue weighted by Gasteiger charge is 2.31. The summed E-state index contributed by atoms with van der Waals surface area (Å²) in [5, 5.41) is 7.08. The second-order valence-corrected chi connectivity index (χ2v) is 8.82. The third-order valence-corrected chi connectivity index (χ3v) is 6.34. The molecule has 0 atom stereocenters. The summed E-state index contributed by atoms with van der Waals surface area (Å²) in [6.07, 6.45) is 7.56. The summed E-state index contributed by atoms with van der Waals surface area (Å²) >= 11 is 0. The van der Waals surface area contributed by atoms with E-state index in [4.69, 9.17) is 14.5 Å². The van der Waals surface area contributed by atoms with E-state index in [1.54, 1.807) is 0 Å². The lowest BCUT2D eigenvalue weighted by Crippen LogP contribution is -2.49. The van der Waals surface area contributed by atoms with Crippen LogP contribution in [0.5, 0.6) is 0 Å². The lowest BCUT2D eigenvalue weighted by molar-refractivity contribution is -0.0390. The third kappa shape index (κ3) is 6.69. The van der Waals surface area contributed by atoms with Gasteiger partial charge in [0.1, 0.15) is 0 Å². The summed E-state index contributed by atoms with van der Waals surface area (Å²) in [6.45, 7) is 8.43. The number of nitrogens with zero attached hydrogens (tertiary/aromatic N) is 2.